The minimum atomic E-state index is 0.243. The van der Waals surface area contributed by atoms with E-state index in [1.807, 2.05) is 12.1 Å². The average molecular weight is 262 g/mol. The summed E-state index contributed by atoms with van der Waals surface area (Å²) in [7, 11) is 4.28. The number of aryl methyl sites for hydroxylation is 1. The Labute approximate surface area is 116 Å². The van der Waals surface area contributed by atoms with Gasteiger partial charge in [-0.2, -0.15) is 0 Å². The quantitative estimate of drug-likeness (QED) is 0.852. The Kier molecular flexibility index (Phi) is 4.83. The number of benzene rings is 1. The van der Waals surface area contributed by atoms with Gasteiger partial charge < -0.3 is 15.0 Å². The molecular formula is C16H26N2O. The van der Waals surface area contributed by atoms with Crippen LogP contribution in [0.15, 0.2) is 24.3 Å². The monoisotopic (exact) mass is 262 g/mol. The Morgan fingerprint density at radius 3 is 2.84 bits per heavy atom. The smallest absolute Gasteiger partial charge is 0.119 e. The SMILES string of the molecule is Cc1cccc(OCCC2(CN(C)C)CCCN2)c1. The van der Waals surface area contributed by atoms with Crippen LogP contribution in [0.2, 0.25) is 0 Å². The van der Waals surface area contributed by atoms with Crippen LogP contribution in [-0.4, -0.2) is 44.2 Å². The first-order chi connectivity index (χ1) is 9.10. The summed E-state index contributed by atoms with van der Waals surface area (Å²) >= 11 is 0. The number of likely N-dealkylation sites (N-methyl/N-ethyl adjacent to an activating group) is 1. The third-order valence-electron chi connectivity index (χ3n) is 3.79. The van der Waals surface area contributed by atoms with Gasteiger partial charge in [-0.15, -0.1) is 0 Å². The standard InChI is InChI=1S/C16H26N2O/c1-14-6-4-7-15(12-14)19-11-9-16(13-18(2)3)8-5-10-17-16/h4,6-7,12,17H,5,8-11,13H2,1-3H3. The van der Waals surface area contributed by atoms with Crippen molar-refractivity contribution in [1.29, 1.82) is 0 Å². The first-order valence-electron chi connectivity index (χ1n) is 7.19. The fraction of sp³-hybridized carbons (Fsp3) is 0.625. The van der Waals surface area contributed by atoms with Gasteiger partial charge in [0.15, 0.2) is 0 Å². The van der Waals surface area contributed by atoms with Gasteiger partial charge in [0.2, 0.25) is 0 Å². The van der Waals surface area contributed by atoms with Crippen LogP contribution >= 0.6 is 0 Å². The highest BCUT2D eigenvalue weighted by Crippen LogP contribution is 2.24. The fourth-order valence-corrected chi connectivity index (χ4v) is 2.97. The summed E-state index contributed by atoms with van der Waals surface area (Å²) in [6, 6.07) is 8.28. The van der Waals surface area contributed by atoms with E-state index in [1.54, 1.807) is 0 Å². The molecule has 0 bridgehead atoms. The zero-order valence-corrected chi connectivity index (χ0v) is 12.4. The summed E-state index contributed by atoms with van der Waals surface area (Å²) in [5.74, 6) is 0.984. The lowest BCUT2D eigenvalue weighted by atomic mass is 9.93. The maximum Gasteiger partial charge on any atom is 0.119 e. The van der Waals surface area contributed by atoms with E-state index in [4.69, 9.17) is 4.74 Å². The van der Waals surface area contributed by atoms with Crippen LogP contribution in [0.4, 0.5) is 0 Å². The van der Waals surface area contributed by atoms with Gasteiger partial charge in [0, 0.05) is 18.5 Å². The highest BCUT2D eigenvalue weighted by Gasteiger charge is 2.33. The van der Waals surface area contributed by atoms with E-state index in [1.165, 1.54) is 18.4 Å². The Balaban J connectivity index is 1.86. The van der Waals surface area contributed by atoms with Crippen LogP contribution in [0.5, 0.6) is 5.75 Å². The molecule has 19 heavy (non-hydrogen) atoms. The molecule has 1 unspecified atom stereocenters. The number of hydrogen-bond acceptors (Lipinski definition) is 3. The highest BCUT2D eigenvalue weighted by molar-refractivity contribution is 5.27. The zero-order valence-electron chi connectivity index (χ0n) is 12.4. The molecule has 106 valence electrons. The Morgan fingerprint density at radius 1 is 1.37 bits per heavy atom. The molecule has 0 radical (unpaired) electrons. The molecule has 0 saturated carbocycles. The van der Waals surface area contributed by atoms with Crippen LogP contribution < -0.4 is 10.1 Å². The predicted octanol–water partition coefficient (Wildman–Crippen LogP) is 2.45. The molecule has 3 heteroatoms. The van der Waals surface area contributed by atoms with Crippen LogP contribution in [0.1, 0.15) is 24.8 Å². The van der Waals surface area contributed by atoms with Gasteiger partial charge in [0.25, 0.3) is 0 Å². The molecule has 1 heterocycles. The lowest BCUT2D eigenvalue weighted by Gasteiger charge is -2.32. The van der Waals surface area contributed by atoms with Crippen LogP contribution in [0.3, 0.4) is 0 Å². The molecule has 1 saturated heterocycles. The summed E-state index contributed by atoms with van der Waals surface area (Å²) in [6.07, 6.45) is 3.60. The Hall–Kier alpha value is -1.06. The Bertz CT molecular complexity index is 397. The number of rotatable bonds is 6. The van der Waals surface area contributed by atoms with E-state index < -0.39 is 0 Å². The molecule has 3 nitrogen and oxygen atoms in total. The van der Waals surface area contributed by atoms with Crippen molar-refractivity contribution in [2.24, 2.45) is 0 Å². The summed E-state index contributed by atoms with van der Waals surface area (Å²) in [4.78, 5) is 2.27. The van der Waals surface area contributed by atoms with Crippen molar-refractivity contribution in [1.82, 2.24) is 10.2 Å². The molecule has 0 spiro atoms. The topological polar surface area (TPSA) is 24.5 Å². The van der Waals surface area contributed by atoms with E-state index in [9.17, 15) is 0 Å². The van der Waals surface area contributed by atoms with E-state index >= 15 is 0 Å². The van der Waals surface area contributed by atoms with Crippen molar-refractivity contribution in [3.05, 3.63) is 29.8 Å². The van der Waals surface area contributed by atoms with Crippen molar-refractivity contribution in [2.45, 2.75) is 31.7 Å². The van der Waals surface area contributed by atoms with Crippen molar-refractivity contribution in [2.75, 3.05) is 33.8 Å². The molecule has 0 aromatic heterocycles. The second-order valence-electron chi connectivity index (χ2n) is 5.96. The van der Waals surface area contributed by atoms with Crippen molar-refractivity contribution in [3.63, 3.8) is 0 Å². The maximum absolute atomic E-state index is 5.90. The van der Waals surface area contributed by atoms with Crippen molar-refractivity contribution >= 4 is 0 Å². The van der Waals surface area contributed by atoms with Crippen LogP contribution in [0, 0.1) is 6.92 Å². The van der Waals surface area contributed by atoms with Gasteiger partial charge in [-0.05, 0) is 58.1 Å². The first-order valence-corrected chi connectivity index (χ1v) is 7.19. The largest absolute Gasteiger partial charge is 0.494 e. The van der Waals surface area contributed by atoms with Gasteiger partial charge >= 0.3 is 0 Å². The van der Waals surface area contributed by atoms with Gasteiger partial charge in [-0.1, -0.05) is 12.1 Å². The molecule has 1 atom stereocenters. The Morgan fingerprint density at radius 2 is 2.21 bits per heavy atom. The number of nitrogens with one attached hydrogen (secondary N) is 1. The lowest BCUT2D eigenvalue weighted by molar-refractivity contribution is 0.198. The molecule has 0 amide bonds. The number of ether oxygens (including phenoxy) is 1. The molecule has 1 aliphatic rings. The summed E-state index contributed by atoms with van der Waals surface area (Å²) < 4.78 is 5.90. The minimum Gasteiger partial charge on any atom is -0.494 e. The lowest BCUT2D eigenvalue weighted by Crippen LogP contribution is -2.49. The minimum absolute atomic E-state index is 0.243. The molecule has 0 aliphatic carbocycles. The van der Waals surface area contributed by atoms with Gasteiger partial charge in [0.05, 0.1) is 6.61 Å². The van der Waals surface area contributed by atoms with E-state index in [2.05, 4.69) is 43.4 Å². The van der Waals surface area contributed by atoms with E-state index in [0.717, 1.165) is 31.9 Å². The normalized spacial score (nSPS) is 22.9. The highest BCUT2D eigenvalue weighted by atomic mass is 16.5. The molecular weight excluding hydrogens is 236 g/mol. The molecule has 1 aromatic carbocycles. The molecule has 1 fully saturated rings. The number of nitrogens with zero attached hydrogens (tertiary/aromatic N) is 1. The van der Waals surface area contributed by atoms with E-state index in [0.29, 0.717) is 0 Å². The van der Waals surface area contributed by atoms with Crippen LogP contribution in [-0.2, 0) is 0 Å². The summed E-state index contributed by atoms with van der Waals surface area (Å²) in [5, 5.41) is 3.68. The second kappa shape index (κ2) is 6.40. The third-order valence-corrected chi connectivity index (χ3v) is 3.79. The second-order valence-corrected chi connectivity index (χ2v) is 5.96. The molecule has 1 aliphatic heterocycles. The third kappa shape index (κ3) is 4.22. The zero-order chi connectivity index (χ0) is 13.7. The van der Waals surface area contributed by atoms with Crippen molar-refractivity contribution < 1.29 is 4.74 Å². The molecule has 1 N–H and O–H groups in total. The number of hydrogen-bond donors (Lipinski definition) is 1. The van der Waals surface area contributed by atoms with Gasteiger partial charge in [-0.25, -0.2) is 0 Å². The molecule has 1 aromatic rings. The summed E-state index contributed by atoms with van der Waals surface area (Å²) in [5.41, 5.74) is 1.49. The van der Waals surface area contributed by atoms with Gasteiger partial charge in [0.1, 0.15) is 5.75 Å². The predicted molar refractivity (Wildman–Crippen MR) is 79.8 cm³/mol. The maximum atomic E-state index is 5.90. The van der Waals surface area contributed by atoms with E-state index in [-0.39, 0.29) is 5.54 Å². The van der Waals surface area contributed by atoms with Crippen LogP contribution in [0.25, 0.3) is 0 Å². The van der Waals surface area contributed by atoms with Gasteiger partial charge in [-0.3, -0.25) is 0 Å². The molecule has 2 rings (SSSR count). The first kappa shape index (κ1) is 14.4. The fourth-order valence-electron chi connectivity index (χ4n) is 2.97. The van der Waals surface area contributed by atoms with Crippen molar-refractivity contribution in [3.8, 4) is 5.75 Å². The summed E-state index contributed by atoms with van der Waals surface area (Å²) in [6.45, 7) is 5.10. The average Bonchev–Trinajstić information content (AvgIpc) is 2.77.